The Kier molecular flexibility index (Phi) is 5.88. The first-order valence-corrected chi connectivity index (χ1v) is 12.9. The molecule has 2 aliphatic rings. The van der Waals surface area contributed by atoms with Crippen LogP contribution in [0.15, 0.2) is 47.4 Å². The number of aromatic nitrogens is 3. The molecule has 2 heterocycles. The molecule has 2 aromatic carbocycles. The molecule has 7 heteroatoms. The van der Waals surface area contributed by atoms with Crippen LogP contribution in [0, 0.1) is 11.8 Å². The van der Waals surface area contributed by atoms with Gasteiger partial charge in [-0.1, -0.05) is 43.5 Å². The van der Waals surface area contributed by atoms with Crippen LogP contribution in [0.2, 0.25) is 0 Å². The van der Waals surface area contributed by atoms with E-state index in [1.807, 2.05) is 22.6 Å². The van der Waals surface area contributed by atoms with Gasteiger partial charge in [-0.25, -0.2) is 4.98 Å². The number of rotatable bonds is 5. The number of carbonyl (C=O) groups excluding carboxylic acids is 1. The van der Waals surface area contributed by atoms with Crippen molar-refractivity contribution >= 4 is 22.3 Å². The second kappa shape index (κ2) is 9.21. The molecule has 0 spiro atoms. The summed E-state index contributed by atoms with van der Waals surface area (Å²) in [6.45, 7) is -0.0577. The highest BCUT2D eigenvalue weighted by molar-refractivity contribution is 6.03. The summed E-state index contributed by atoms with van der Waals surface area (Å²) < 4.78 is 7.69. The number of ether oxygens (including phenoxy) is 1. The molecule has 1 saturated carbocycles. The maximum absolute atomic E-state index is 13.9. The van der Waals surface area contributed by atoms with Crippen molar-refractivity contribution in [3.63, 3.8) is 0 Å². The molecule has 6 rings (SSSR count). The zero-order chi connectivity index (χ0) is 24.8. The summed E-state index contributed by atoms with van der Waals surface area (Å²) in [5, 5.41) is 10.1. The summed E-state index contributed by atoms with van der Waals surface area (Å²) in [7, 11) is 1.57. The lowest BCUT2D eigenvalue weighted by Crippen LogP contribution is -2.34. The van der Waals surface area contributed by atoms with Gasteiger partial charge in [0.05, 0.1) is 29.9 Å². The highest BCUT2D eigenvalue weighted by Crippen LogP contribution is 2.37. The van der Waals surface area contributed by atoms with Crippen LogP contribution in [0.25, 0.3) is 16.6 Å². The monoisotopic (exact) mass is 485 g/mol. The summed E-state index contributed by atoms with van der Waals surface area (Å²) >= 11 is 0. The summed E-state index contributed by atoms with van der Waals surface area (Å²) in [4.78, 5) is 34.5. The molecule has 186 valence electrons. The van der Waals surface area contributed by atoms with Crippen LogP contribution in [0.1, 0.15) is 65.3 Å². The lowest BCUT2D eigenvalue weighted by Gasteiger charge is -2.31. The standard InChI is InChI=1S/C29H31N3O4/c1-36-26-14-24-23(31-29(35)25-15-30-28(32(24)25)17-7-3-2-4-8-17)13-22(26)27(34)21-12-19-10-6-5-9-18(19)11-20(21)16-33/h5-6,9-10,13-15,17,20-21,33H,2-4,7-8,11-12,16H2,1H3,(H,31,35)/t20-,21?/m1/s1. The lowest BCUT2D eigenvalue weighted by atomic mass is 9.73. The predicted octanol–water partition coefficient (Wildman–Crippen LogP) is 4.44. The van der Waals surface area contributed by atoms with E-state index in [0.29, 0.717) is 41.1 Å². The van der Waals surface area contributed by atoms with E-state index in [-0.39, 0.29) is 29.8 Å². The maximum Gasteiger partial charge on any atom is 0.274 e. The Morgan fingerprint density at radius 3 is 2.58 bits per heavy atom. The number of imidazole rings is 1. The van der Waals surface area contributed by atoms with Gasteiger partial charge in [-0.2, -0.15) is 0 Å². The molecule has 7 nitrogen and oxygen atoms in total. The number of hydrogen-bond acceptors (Lipinski definition) is 5. The van der Waals surface area contributed by atoms with Gasteiger partial charge in [-0.15, -0.1) is 0 Å². The van der Waals surface area contributed by atoms with Gasteiger partial charge in [0.25, 0.3) is 5.56 Å². The van der Waals surface area contributed by atoms with Crippen molar-refractivity contribution in [1.29, 1.82) is 0 Å². The number of Topliss-reactive ketones (excluding diaryl/α,β-unsaturated/α-hetero) is 1. The van der Waals surface area contributed by atoms with Gasteiger partial charge < -0.3 is 14.8 Å². The fraction of sp³-hybridized carbons (Fsp3) is 0.414. The van der Waals surface area contributed by atoms with Crippen molar-refractivity contribution in [3.05, 3.63) is 75.5 Å². The van der Waals surface area contributed by atoms with Crippen LogP contribution in [-0.4, -0.2) is 39.0 Å². The van der Waals surface area contributed by atoms with E-state index in [1.165, 1.54) is 24.8 Å². The lowest BCUT2D eigenvalue weighted by molar-refractivity contribution is 0.0797. The number of nitrogens with one attached hydrogen (secondary N) is 1. The van der Waals surface area contributed by atoms with E-state index in [4.69, 9.17) is 4.74 Å². The van der Waals surface area contributed by atoms with Crippen LogP contribution >= 0.6 is 0 Å². The van der Waals surface area contributed by atoms with Gasteiger partial charge in [0.2, 0.25) is 0 Å². The van der Waals surface area contributed by atoms with E-state index >= 15 is 0 Å². The van der Waals surface area contributed by atoms with Gasteiger partial charge in [0.15, 0.2) is 5.78 Å². The van der Waals surface area contributed by atoms with Crippen molar-refractivity contribution in [1.82, 2.24) is 14.4 Å². The number of hydrogen-bond donors (Lipinski definition) is 2. The highest BCUT2D eigenvalue weighted by atomic mass is 16.5. The van der Waals surface area contributed by atoms with Crippen molar-refractivity contribution in [2.75, 3.05) is 13.7 Å². The molecule has 0 saturated heterocycles. The molecular weight excluding hydrogens is 454 g/mol. The van der Waals surface area contributed by atoms with Crippen LogP contribution < -0.4 is 10.3 Å². The largest absolute Gasteiger partial charge is 0.496 e. The Balaban J connectivity index is 1.47. The van der Waals surface area contributed by atoms with Crippen molar-refractivity contribution < 1.29 is 14.6 Å². The highest BCUT2D eigenvalue weighted by Gasteiger charge is 2.35. The number of aromatic amines is 1. The molecule has 2 aromatic heterocycles. The second-order valence-corrected chi connectivity index (χ2v) is 10.3. The average molecular weight is 486 g/mol. The number of ketones is 1. The average Bonchev–Trinajstić information content (AvgIpc) is 3.38. The smallest absolute Gasteiger partial charge is 0.274 e. The Hall–Kier alpha value is -3.45. The molecule has 2 atom stereocenters. The Labute approximate surface area is 209 Å². The Morgan fingerprint density at radius 2 is 1.86 bits per heavy atom. The van der Waals surface area contributed by atoms with Crippen molar-refractivity contribution in [2.24, 2.45) is 11.8 Å². The topological polar surface area (TPSA) is 96.7 Å². The van der Waals surface area contributed by atoms with Crippen LogP contribution in [0.4, 0.5) is 0 Å². The number of fused-ring (bicyclic) bond motifs is 4. The Bertz CT molecular complexity index is 1510. The number of benzene rings is 2. The molecule has 4 aromatic rings. The van der Waals surface area contributed by atoms with Crippen molar-refractivity contribution in [3.8, 4) is 5.75 Å². The van der Waals surface area contributed by atoms with Crippen LogP contribution in [0.3, 0.4) is 0 Å². The maximum atomic E-state index is 13.9. The number of carbonyl (C=O) groups is 1. The van der Waals surface area contributed by atoms with E-state index in [0.717, 1.165) is 29.7 Å². The van der Waals surface area contributed by atoms with Gasteiger partial charge >= 0.3 is 0 Å². The molecule has 1 unspecified atom stereocenters. The SMILES string of the molecule is COc1cc2c(cc1C(=O)C1Cc3ccccc3C[C@@H]1CO)[nH]c(=O)c1cnc(C3CCCCC3)n12. The van der Waals surface area contributed by atoms with E-state index in [9.17, 15) is 14.7 Å². The van der Waals surface area contributed by atoms with Gasteiger partial charge in [0, 0.05) is 24.5 Å². The van der Waals surface area contributed by atoms with Crippen molar-refractivity contribution in [2.45, 2.75) is 50.9 Å². The van der Waals surface area contributed by atoms with E-state index in [2.05, 4.69) is 22.1 Å². The molecule has 0 aliphatic heterocycles. The first kappa shape index (κ1) is 23.0. The van der Waals surface area contributed by atoms with Gasteiger partial charge in [-0.05, 0) is 48.8 Å². The normalized spacial score (nSPS) is 20.5. The van der Waals surface area contributed by atoms with Crippen LogP contribution in [-0.2, 0) is 12.8 Å². The third kappa shape index (κ3) is 3.73. The number of methoxy groups -OCH3 is 1. The number of nitrogens with zero attached hydrogens (tertiary/aromatic N) is 2. The zero-order valence-electron chi connectivity index (χ0n) is 20.5. The molecule has 0 amide bonds. The molecule has 2 aliphatic carbocycles. The first-order chi connectivity index (χ1) is 17.6. The summed E-state index contributed by atoms with van der Waals surface area (Å²) in [5.74, 6) is 1.09. The summed E-state index contributed by atoms with van der Waals surface area (Å²) in [6, 6.07) is 11.7. The molecule has 0 bridgehead atoms. The molecule has 2 N–H and O–H groups in total. The fourth-order valence-corrected chi connectivity index (χ4v) is 6.31. The fourth-order valence-electron chi connectivity index (χ4n) is 6.31. The third-order valence-electron chi connectivity index (χ3n) is 8.25. The van der Waals surface area contributed by atoms with E-state index < -0.39 is 0 Å². The Morgan fingerprint density at radius 1 is 1.11 bits per heavy atom. The number of H-pyrrole nitrogens is 1. The molecule has 1 fully saturated rings. The van der Waals surface area contributed by atoms with Gasteiger partial charge in [-0.3, -0.25) is 14.0 Å². The van der Waals surface area contributed by atoms with Crippen LogP contribution in [0.5, 0.6) is 5.75 Å². The molecule has 36 heavy (non-hydrogen) atoms. The summed E-state index contributed by atoms with van der Waals surface area (Å²) in [6.07, 6.45) is 8.58. The first-order valence-electron chi connectivity index (χ1n) is 12.9. The quantitative estimate of drug-likeness (QED) is 0.408. The summed E-state index contributed by atoms with van der Waals surface area (Å²) in [5.41, 5.74) is 4.42. The third-order valence-corrected chi connectivity index (χ3v) is 8.25. The molecule has 0 radical (unpaired) electrons. The minimum absolute atomic E-state index is 0.0577. The number of aliphatic hydroxyl groups excluding tert-OH is 1. The van der Waals surface area contributed by atoms with Gasteiger partial charge in [0.1, 0.15) is 17.1 Å². The second-order valence-electron chi connectivity index (χ2n) is 10.3. The molecular formula is C29H31N3O4. The zero-order valence-corrected chi connectivity index (χ0v) is 20.5. The number of aliphatic hydroxyl groups is 1. The minimum Gasteiger partial charge on any atom is -0.496 e. The predicted molar refractivity (Wildman–Crippen MR) is 138 cm³/mol. The van der Waals surface area contributed by atoms with E-state index in [1.54, 1.807) is 19.4 Å². The minimum atomic E-state index is -0.363.